The van der Waals surface area contributed by atoms with Crippen LogP contribution in [0.5, 0.6) is 17.2 Å². The summed E-state index contributed by atoms with van der Waals surface area (Å²) in [4.78, 5) is 53.1. The Morgan fingerprint density at radius 1 is 0.980 bits per heavy atom. The van der Waals surface area contributed by atoms with E-state index in [9.17, 15) is 39.6 Å². The average molecular weight is 672 g/mol. The topological polar surface area (TPSA) is 189 Å². The van der Waals surface area contributed by atoms with Crippen molar-refractivity contribution in [2.75, 3.05) is 7.11 Å². The first-order valence-corrected chi connectivity index (χ1v) is 15.9. The number of ether oxygens (including phenoxy) is 3. The summed E-state index contributed by atoms with van der Waals surface area (Å²) in [5, 5.41) is 48.9. The van der Waals surface area contributed by atoms with Crippen LogP contribution in [-0.4, -0.2) is 80.8 Å². The fraction of sp³-hybridized carbons (Fsp3) is 0.351. The van der Waals surface area contributed by atoms with Crippen molar-refractivity contribution in [3.63, 3.8) is 0 Å². The predicted octanol–water partition coefficient (Wildman–Crippen LogP) is 3.45. The van der Waals surface area contributed by atoms with Gasteiger partial charge in [-0.15, -0.1) is 0 Å². The third kappa shape index (κ3) is 5.90. The third-order valence-electron chi connectivity index (χ3n) is 9.57. The molecule has 0 spiro atoms. The quantitative estimate of drug-likeness (QED) is 0.104. The molecule has 1 aliphatic heterocycles. The third-order valence-corrected chi connectivity index (χ3v) is 9.57. The number of allylic oxidation sites excluding steroid dienone is 2. The van der Waals surface area contributed by atoms with Crippen molar-refractivity contribution in [2.24, 2.45) is 0 Å². The largest absolute Gasteiger partial charge is 0.507 e. The molecule has 256 valence electrons. The molecule has 12 nitrogen and oxygen atoms in total. The Bertz CT molecular complexity index is 1900. The number of phenols is 2. The summed E-state index contributed by atoms with van der Waals surface area (Å²) in [6.07, 6.45) is -3.58. The molecule has 0 saturated carbocycles. The average Bonchev–Trinajstić information content (AvgIpc) is 3.07. The van der Waals surface area contributed by atoms with Crippen molar-refractivity contribution in [3.05, 3.63) is 99.2 Å². The van der Waals surface area contributed by atoms with Crippen LogP contribution >= 0.6 is 0 Å². The molecule has 0 aromatic heterocycles. The number of aromatic hydroxyl groups is 2. The number of carbonyl (C=O) groups is 4. The van der Waals surface area contributed by atoms with Gasteiger partial charge < -0.3 is 40.0 Å². The lowest BCUT2D eigenvalue weighted by Crippen LogP contribution is -2.54. The molecule has 6 atom stereocenters. The van der Waals surface area contributed by atoms with Crippen LogP contribution in [0.3, 0.4) is 0 Å². The Morgan fingerprint density at radius 2 is 1.67 bits per heavy atom. The normalized spacial score (nSPS) is 26.3. The molecule has 1 heterocycles. The van der Waals surface area contributed by atoms with Crippen LogP contribution in [0.1, 0.15) is 93.0 Å². The Morgan fingerprint density at radius 3 is 2.35 bits per heavy atom. The van der Waals surface area contributed by atoms with Gasteiger partial charge >= 0.3 is 0 Å². The summed E-state index contributed by atoms with van der Waals surface area (Å²) in [6.45, 7) is 4.48. The van der Waals surface area contributed by atoms with Gasteiger partial charge in [0.1, 0.15) is 29.0 Å². The maximum absolute atomic E-state index is 13.9. The SMILES string of the molecule is COc1cccc2c1C(=O)c1c(O)c3c(c(O)c1C2=O)C[C@@](O)(C(C)=O)CC3OC1CC(NC(C)=CC(=O)c2ccccc2)C(O)C(C)O1. The second kappa shape index (κ2) is 12.9. The van der Waals surface area contributed by atoms with Gasteiger partial charge in [-0.05, 0) is 26.8 Å². The highest BCUT2D eigenvalue weighted by Crippen LogP contribution is 2.52. The predicted molar refractivity (Wildman–Crippen MR) is 174 cm³/mol. The van der Waals surface area contributed by atoms with Crippen molar-refractivity contribution in [2.45, 2.75) is 76.3 Å². The highest BCUT2D eigenvalue weighted by molar-refractivity contribution is 6.31. The van der Waals surface area contributed by atoms with Gasteiger partial charge in [-0.1, -0.05) is 42.5 Å². The van der Waals surface area contributed by atoms with Crippen molar-refractivity contribution in [3.8, 4) is 17.2 Å². The molecule has 1 fully saturated rings. The number of benzene rings is 3. The van der Waals surface area contributed by atoms with Crippen molar-refractivity contribution >= 4 is 23.1 Å². The zero-order chi connectivity index (χ0) is 35.4. The lowest BCUT2D eigenvalue weighted by molar-refractivity contribution is -0.249. The summed E-state index contributed by atoms with van der Waals surface area (Å²) < 4.78 is 17.6. The van der Waals surface area contributed by atoms with Gasteiger partial charge in [0.25, 0.3) is 0 Å². The van der Waals surface area contributed by atoms with Crippen molar-refractivity contribution < 1.29 is 53.8 Å². The molecular weight excluding hydrogens is 634 g/mol. The van der Waals surface area contributed by atoms with Gasteiger partial charge in [-0.25, -0.2) is 0 Å². The number of aliphatic hydroxyl groups is 2. The minimum atomic E-state index is -2.06. The fourth-order valence-electron chi connectivity index (χ4n) is 6.98. The second-order valence-corrected chi connectivity index (χ2v) is 12.8. The number of fused-ring (bicyclic) bond motifs is 3. The number of Topliss-reactive ketones (excluding diaryl/α,β-unsaturated/α-hetero) is 1. The Hall–Kier alpha value is -4.88. The van der Waals surface area contributed by atoms with Gasteiger partial charge in [0.05, 0.1) is 42.0 Å². The van der Waals surface area contributed by atoms with Gasteiger partial charge in [-0.3, -0.25) is 19.2 Å². The van der Waals surface area contributed by atoms with Crippen LogP contribution in [0.25, 0.3) is 0 Å². The first kappa shape index (κ1) is 34.0. The molecule has 3 aliphatic rings. The summed E-state index contributed by atoms with van der Waals surface area (Å²) in [6, 6.07) is 12.4. The van der Waals surface area contributed by atoms with Crippen LogP contribution in [0, 0.1) is 0 Å². The van der Waals surface area contributed by atoms with E-state index in [0.29, 0.717) is 11.3 Å². The standard InChI is InChI=1S/C37H37NO11/c1-17(13-24(40)20-9-6-5-7-10-20)38-23-14-27(48-18(2)32(23)41)49-26-16-37(46,19(3)39)15-22-29(26)36(45)31-30(34(22)43)33(42)21-11-8-12-25(47-4)28(21)35(31)44/h5-13,18,23,26-27,32,38,41,43,45-46H,14-16H2,1-4H3/t18?,23?,26?,27?,32?,37-/m0/s1. The number of methoxy groups -OCH3 is 1. The number of hydrogen-bond acceptors (Lipinski definition) is 12. The summed E-state index contributed by atoms with van der Waals surface area (Å²) in [7, 11) is 1.34. The zero-order valence-electron chi connectivity index (χ0n) is 27.4. The van der Waals surface area contributed by atoms with E-state index in [0.717, 1.165) is 0 Å². The van der Waals surface area contributed by atoms with Crippen LogP contribution < -0.4 is 10.1 Å². The lowest BCUT2D eigenvalue weighted by atomic mass is 9.72. The minimum absolute atomic E-state index is 0.0280. The molecule has 49 heavy (non-hydrogen) atoms. The first-order chi connectivity index (χ1) is 23.2. The molecule has 3 aromatic rings. The molecule has 5 N–H and O–H groups in total. The molecule has 0 amide bonds. The monoisotopic (exact) mass is 671 g/mol. The summed E-state index contributed by atoms with van der Waals surface area (Å²) >= 11 is 0. The van der Waals surface area contributed by atoms with Gasteiger partial charge in [0, 0.05) is 53.3 Å². The van der Waals surface area contributed by atoms with E-state index in [1.54, 1.807) is 44.2 Å². The van der Waals surface area contributed by atoms with E-state index in [-0.39, 0.29) is 46.6 Å². The molecule has 0 radical (unpaired) electrons. The van der Waals surface area contributed by atoms with Crippen molar-refractivity contribution in [1.82, 2.24) is 5.32 Å². The number of rotatable bonds is 8. The minimum Gasteiger partial charge on any atom is -0.507 e. The van der Waals surface area contributed by atoms with E-state index in [2.05, 4.69) is 5.32 Å². The maximum Gasteiger partial charge on any atom is 0.202 e. The number of hydrogen-bond donors (Lipinski definition) is 5. The van der Waals surface area contributed by atoms with Gasteiger partial charge in [0.15, 0.2) is 23.6 Å². The van der Waals surface area contributed by atoms with Crippen LogP contribution in [0.4, 0.5) is 0 Å². The van der Waals surface area contributed by atoms with Crippen LogP contribution in [0.2, 0.25) is 0 Å². The molecule has 6 rings (SSSR count). The molecule has 0 bridgehead atoms. The smallest absolute Gasteiger partial charge is 0.202 e. The summed E-state index contributed by atoms with van der Waals surface area (Å²) in [5.74, 6) is -3.56. The lowest BCUT2D eigenvalue weighted by Gasteiger charge is -2.43. The van der Waals surface area contributed by atoms with E-state index >= 15 is 0 Å². The Kier molecular flexibility index (Phi) is 8.92. The van der Waals surface area contributed by atoms with Crippen LogP contribution in [0.15, 0.2) is 60.3 Å². The van der Waals surface area contributed by atoms with E-state index < -0.39 is 82.6 Å². The molecule has 12 heteroatoms. The number of nitrogens with one attached hydrogen (secondary N) is 1. The number of aliphatic hydroxyl groups excluding tert-OH is 1. The van der Waals surface area contributed by atoms with E-state index in [1.165, 1.54) is 38.3 Å². The van der Waals surface area contributed by atoms with Gasteiger partial charge in [-0.2, -0.15) is 0 Å². The first-order valence-electron chi connectivity index (χ1n) is 15.9. The second-order valence-electron chi connectivity index (χ2n) is 12.8. The Balaban J connectivity index is 1.36. The molecule has 3 aromatic carbocycles. The Labute approximate surface area is 281 Å². The molecule has 1 saturated heterocycles. The molecular formula is C37H37NO11. The zero-order valence-corrected chi connectivity index (χ0v) is 27.4. The van der Waals surface area contributed by atoms with E-state index in [1.807, 2.05) is 0 Å². The van der Waals surface area contributed by atoms with E-state index in [4.69, 9.17) is 14.2 Å². The highest BCUT2D eigenvalue weighted by atomic mass is 16.7. The van der Waals surface area contributed by atoms with Crippen molar-refractivity contribution in [1.29, 1.82) is 0 Å². The van der Waals surface area contributed by atoms with Crippen LogP contribution in [-0.2, 0) is 20.7 Å². The number of phenolic OH excluding ortho intramolecular Hbond substituents is 2. The fourth-order valence-corrected chi connectivity index (χ4v) is 6.98. The van der Waals surface area contributed by atoms with Gasteiger partial charge in [0.2, 0.25) is 5.78 Å². The maximum atomic E-state index is 13.9. The highest BCUT2D eigenvalue weighted by Gasteiger charge is 2.49. The molecule has 2 aliphatic carbocycles. The summed E-state index contributed by atoms with van der Waals surface area (Å²) in [5.41, 5.74) is -2.28. The number of carbonyl (C=O) groups excluding carboxylic acids is 4. The number of ketones is 4. The molecule has 5 unspecified atom stereocenters.